The molecule has 9 heteroatoms. The Morgan fingerprint density at radius 1 is 1.28 bits per heavy atom. The van der Waals surface area contributed by atoms with Crippen molar-refractivity contribution in [2.75, 3.05) is 11.9 Å². The summed E-state index contributed by atoms with van der Waals surface area (Å²) in [6, 6.07) is 4.45. The number of hydrogen-bond acceptors (Lipinski definition) is 5. The van der Waals surface area contributed by atoms with Gasteiger partial charge in [0.1, 0.15) is 5.54 Å². The molecule has 4 atom stereocenters. The quantitative estimate of drug-likeness (QED) is 0.605. The smallest absolute Gasteiger partial charge is 0.303 e. The Morgan fingerprint density at radius 2 is 2.03 bits per heavy atom. The summed E-state index contributed by atoms with van der Waals surface area (Å²) in [5, 5.41) is 15.4. The molecule has 0 aromatic heterocycles. The van der Waals surface area contributed by atoms with E-state index >= 15 is 0 Å². The zero-order valence-electron chi connectivity index (χ0n) is 15.9. The number of carboxylic acids is 1. The summed E-state index contributed by atoms with van der Waals surface area (Å²) in [4.78, 5) is 52.0. The number of benzene rings is 1. The highest BCUT2D eigenvalue weighted by Crippen LogP contribution is 2.54. The van der Waals surface area contributed by atoms with E-state index in [9.17, 15) is 19.2 Å². The maximum absolute atomic E-state index is 13.3. The van der Waals surface area contributed by atoms with Gasteiger partial charge in [0.05, 0.1) is 22.5 Å². The van der Waals surface area contributed by atoms with Crippen LogP contribution in [0, 0.1) is 11.8 Å². The molecule has 0 radical (unpaired) electrons. The number of fused-ring (bicyclic) bond motifs is 4. The maximum atomic E-state index is 13.3. The van der Waals surface area contributed by atoms with Crippen molar-refractivity contribution in [1.29, 1.82) is 0 Å². The molecule has 1 aromatic carbocycles. The van der Waals surface area contributed by atoms with Crippen LogP contribution < -0.4 is 10.6 Å². The van der Waals surface area contributed by atoms with Crippen LogP contribution in [0.15, 0.2) is 18.2 Å². The number of aliphatic carboxylic acids is 1. The molecule has 3 N–H and O–H groups in total. The molecule has 1 spiro atoms. The van der Waals surface area contributed by atoms with Gasteiger partial charge in [-0.05, 0) is 18.9 Å². The van der Waals surface area contributed by atoms with Gasteiger partial charge in [0.25, 0.3) is 0 Å². The van der Waals surface area contributed by atoms with Crippen molar-refractivity contribution < 1.29 is 24.3 Å². The SMILES string of the molecule is CCCCN1C(=O)[C@@H]2C(CCC(=O)O)NC3(C(=O)Nc4c(Cl)cccc43)[C@@H]2C1=O. The Labute approximate surface area is 172 Å². The number of imide groups is 1. The predicted octanol–water partition coefficient (Wildman–Crippen LogP) is 1.73. The minimum atomic E-state index is -1.43. The molecule has 3 aliphatic rings. The summed E-state index contributed by atoms with van der Waals surface area (Å²) in [7, 11) is 0. The predicted molar refractivity (Wildman–Crippen MR) is 104 cm³/mol. The normalized spacial score (nSPS) is 30.1. The Kier molecular flexibility index (Phi) is 4.86. The van der Waals surface area contributed by atoms with Crippen molar-refractivity contribution in [3.63, 3.8) is 0 Å². The van der Waals surface area contributed by atoms with Gasteiger partial charge in [-0.1, -0.05) is 37.1 Å². The lowest BCUT2D eigenvalue weighted by Crippen LogP contribution is -2.53. The van der Waals surface area contributed by atoms with Gasteiger partial charge >= 0.3 is 5.97 Å². The molecule has 0 bridgehead atoms. The first kappa shape index (κ1) is 19.8. The minimum Gasteiger partial charge on any atom is -0.481 e. The number of likely N-dealkylation sites (tertiary alicyclic amines) is 1. The van der Waals surface area contributed by atoms with E-state index in [-0.39, 0.29) is 24.7 Å². The third-order valence-electron chi connectivity index (χ3n) is 6.20. The highest BCUT2D eigenvalue weighted by atomic mass is 35.5. The topological polar surface area (TPSA) is 116 Å². The number of nitrogens with zero attached hydrogens (tertiary/aromatic N) is 1. The molecule has 4 rings (SSSR count). The number of hydrogen-bond donors (Lipinski definition) is 3. The lowest BCUT2D eigenvalue weighted by atomic mass is 9.76. The monoisotopic (exact) mass is 419 g/mol. The number of anilines is 1. The number of unbranched alkanes of at least 4 members (excludes halogenated alkanes) is 1. The van der Waals surface area contributed by atoms with Gasteiger partial charge in [0.15, 0.2) is 0 Å². The second-order valence-corrected chi connectivity index (χ2v) is 8.20. The van der Waals surface area contributed by atoms with E-state index in [1.54, 1.807) is 18.2 Å². The molecule has 29 heavy (non-hydrogen) atoms. The molecule has 8 nitrogen and oxygen atoms in total. The van der Waals surface area contributed by atoms with E-state index in [0.717, 1.165) is 6.42 Å². The Bertz CT molecular complexity index is 919. The van der Waals surface area contributed by atoms with Gasteiger partial charge in [0.2, 0.25) is 17.7 Å². The third kappa shape index (κ3) is 2.77. The van der Waals surface area contributed by atoms with Crippen molar-refractivity contribution in [2.45, 2.75) is 44.2 Å². The summed E-state index contributed by atoms with van der Waals surface area (Å²) in [6.07, 6.45) is 1.46. The Balaban J connectivity index is 1.81. The number of halogens is 1. The second-order valence-electron chi connectivity index (χ2n) is 7.79. The molecule has 3 aliphatic heterocycles. The zero-order valence-corrected chi connectivity index (χ0v) is 16.7. The van der Waals surface area contributed by atoms with E-state index < -0.39 is 35.3 Å². The van der Waals surface area contributed by atoms with E-state index in [1.165, 1.54) is 4.90 Å². The highest BCUT2D eigenvalue weighted by Gasteiger charge is 2.70. The van der Waals surface area contributed by atoms with E-state index in [2.05, 4.69) is 10.6 Å². The fourth-order valence-corrected chi connectivity index (χ4v) is 5.14. The van der Waals surface area contributed by atoms with Gasteiger partial charge in [-0.25, -0.2) is 0 Å². The van der Waals surface area contributed by atoms with Crippen molar-refractivity contribution in [1.82, 2.24) is 10.2 Å². The maximum Gasteiger partial charge on any atom is 0.303 e. The highest BCUT2D eigenvalue weighted by molar-refractivity contribution is 6.35. The van der Waals surface area contributed by atoms with E-state index in [1.807, 2.05) is 6.92 Å². The lowest BCUT2D eigenvalue weighted by molar-refractivity contribution is -0.143. The average molecular weight is 420 g/mol. The second kappa shape index (κ2) is 7.11. The summed E-state index contributed by atoms with van der Waals surface area (Å²) in [6.45, 7) is 2.26. The van der Waals surface area contributed by atoms with Crippen LogP contribution in [0.5, 0.6) is 0 Å². The third-order valence-corrected chi connectivity index (χ3v) is 6.51. The molecule has 1 aromatic rings. The van der Waals surface area contributed by atoms with Crippen LogP contribution in [0.2, 0.25) is 5.02 Å². The van der Waals surface area contributed by atoms with Gasteiger partial charge in [-0.15, -0.1) is 0 Å². The summed E-state index contributed by atoms with van der Waals surface area (Å²) >= 11 is 6.26. The van der Waals surface area contributed by atoms with Crippen molar-refractivity contribution >= 4 is 41.0 Å². The molecular formula is C20H22ClN3O5. The molecule has 154 valence electrons. The molecule has 2 unspecified atom stereocenters. The average Bonchev–Trinajstić information content (AvgIpc) is 3.25. The van der Waals surface area contributed by atoms with Gasteiger partial charge in [-0.3, -0.25) is 29.4 Å². The van der Waals surface area contributed by atoms with Crippen LogP contribution in [0.25, 0.3) is 0 Å². The number of nitrogens with one attached hydrogen (secondary N) is 2. The standard InChI is InChI=1S/C20H22ClN3O5/c1-2-3-9-24-17(27)14-12(7-8-13(25)26)23-20(15(14)18(24)28)10-5-4-6-11(21)16(10)22-19(20)29/h4-6,12,14-15,23H,2-3,7-9H2,1H3,(H,22,29)(H,25,26)/t12?,14-,15+,20?/m1/s1. The van der Waals surface area contributed by atoms with Crippen LogP contribution in [-0.4, -0.2) is 46.3 Å². The Hall–Kier alpha value is -2.45. The first-order valence-electron chi connectivity index (χ1n) is 9.78. The number of carbonyl (C=O) groups excluding carboxylic acids is 3. The van der Waals surface area contributed by atoms with Crippen molar-refractivity contribution in [2.24, 2.45) is 11.8 Å². The van der Waals surface area contributed by atoms with Crippen LogP contribution in [-0.2, 0) is 24.7 Å². The fourth-order valence-electron chi connectivity index (χ4n) is 4.92. The molecule has 0 aliphatic carbocycles. The van der Waals surface area contributed by atoms with Gasteiger partial charge in [-0.2, -0.15) is 0 Å². The molecule has 0 saturated carbocycles. The van der Waals surface area contributed by atoms with Gasteiger partial charge in [0, 0.05) is 24.6 Å². The van der Waals surface area contributed by atoms with Crippen LogP contribution >= 0.6 is 11.6 Å². The summed E-state index contributed by atoms with van der Waals surface area (Å²) in [5.74, 6) is -3.87. The number of carbonyl (C=O) groups is 4. The van der Waals surface area contributed by atoms with E-state index in [4.69, 9.17) is 16.7 Å². The minimum absolute atomic E-state index is 0.141. The largest absolute Gasteiger partial charge is 0.481 e. The van der Waals surface area contributed by atoms with Crippen LogP contribution in [0.4, 0.5) is 5.69 Å². The van der Waals surface area contributed by atoms with Crippen molar-refractivity contribution in [3.05, 3.63) is 28.8 Å². The molecule has 2 fully saturated rings. The Morgan fingerprint density at radius 3 is 2.72 bits per heavy atom. The van der Waals surface area contributed by atoms with E-state index in [0.29, 0.717) is 29.2 Å². The summed E-state index contributed by atoms with van der Waals surface area (Å²) < 4.78 is 0. The van der Waals surface area contributed by atoms with Crippen LogP contribution in [0.1, 0.15) is 38.2 Å². The molecule has 2 saturated heterocycles. The van der Waals surface area contributed by atoms with Crippen molar-refractivity contribution in [3.8, 4) is 0 Å². The number of para-hydroxylation sites is 1. The first-order valence-corrected chi connectivity index (χ1v) is 10.2. The molecule has 3 amide bonds. The summed E-state index contributed by atoms with van der Waals surface area (Å²) in [5.41, 5.74) is -0.472. The molecular weight excluding hydrogens is 398 g/mol. The van der Waals surface area contributed by atoms with Gasteiger partial charge < -0.3 is 10.4 Å². The lowest BCUT2D eigenvalue weighted by Gasteiger charge is -2.29. The van der Waals surface area contributed by atoms with Crippen LogP contribution in [0.3, 0.4) is 0 Å². The zero-order chi connectivity index (χ0) is 20.9. The number of rotatable bonds is 6. The first-order chi connectivity index (χ1) is 13.8. The fraction of sp³-hybridized carbons (Fsp3) is 0.500. The number of carboxylic acid groups (broad SMARTS) is 1. The molecule has 3 heterocycles. The number of amides is 3.